The second kappa shape index (κ2) is 6.91. The molecule has 0 amide bonds. The molecular formula is C13H19NO3. The number of anilines is 1. The Kier molecular flexibility index (Phi) is 5.49. The van der Waals surface area contributed by atoms with Crippen LogP contribution in [0.2, 0.25) is 0 Å². The van der Waals surface area contributed by atoms with E-state index >= 15 is 0 Å². The summed E-state index contributed by atoms with van der Waals surface area (Å²) in [6.45, 7) is 4.65. The summed E-state index contributed by atoms with van der Waals surface area (Å²) in [6.07, 6.45) is 0. The first-order chi connectivity index (χ1) is 8.19. The maximum absolute atomic E-state index is 11.5. The molecule has 2 N–H and O–H groups in total. The highest BCUT2D eigenvalue weighted by molar-refractivity contribution is 5.77. The van der Waals surface area contributed by atoms with Gasteiger partial charge in [-0.15, -0.1) is 0 Å². The van der Waals surface area contributed by atoms with Crippen molar-refractivity contribution in [3.05, 3.63) is 29.8 Å². The summed E-state index contributed by atoms with van der Waals surface area (Å²) in [5.74, 6) is -0.453. The van der Waals surface area contributed by atoms with Gasteiger partial charge in [0.15, 0.2) is 0 Å². The minimum atomic E-state index is -0.248. The Morgan fingerprint density at radius 1 is 1.41 bits per heavy atom. The van der Waals surface area contributed by atoms with E-state index in [2.05, 4.69) is 5.32 Å². The number of ether oxygens (including phenoxy) is 1. The molecule has 0 aliphatic rings. The molecule has 94 valence electrons. The average Bonchev–Trinajstić information content (AvgIpc) is 2.36. The molecule has 1 aromatic carbocycles. The smallest absolute Gasteiger partial charge is 0.313 e. The fourth-order valence-electron chi connectivity index (χ4n) is 1.49. The highest BCUT2D eigenvalue weighted by Gasteiger charge is 2.15. The van der Waals surface area contributed by atoms with Crippen LogP contribution in [0.15, 0.2) is 24.3 Å². The molecule has 0 radical (unpaired) electrons. The van der Waals surface area contributed by atoms with Crippen molar-refractivity contribution in [3.63, 3.8) is 0 Å². The lowest BCUT2D eigenvalue weighted by atomic mass is 10.0. The predicted octanol–water partition coefficient (Wildman–Crippen LogP) is 1.76. The van der Waals surface area contributed by atoms with Gasteiger partial charge in [-0.05, 0) is 31.5 Å². The first-order valence-corrected chi connectivity index (χ1v) is 5.80. The van der Waals surface area contributed by atoms with Gasteiger partial charge in [-0.25, -0.2) is 0 Å². The fourth-order valence-corrected chi connectivity index (χ4v) is 1.49. The summed E-state index contributed by atoms with van der Waals surface area (Å²) in [7, 11) is 0. The van der Waals surface area contributed by atoms with E-state index < -0.39 is 0 Å². The highest BCUT2D eigenvalue weighted by atomic mass is 16.5. The second-order valence-electron chi connectivity index (χ2n) is 3.75. The van der Waals surface area contributed by atoms with Crippen molar-refractivity contribution in [2.24, 2.45) is 0 Å². The zero-order chi connectivity index (χ0) is 12.7. The monoisotopic (exact) mass is 237 g/mol. The molecule has 1 atom stereocenters. The van der Waals surface area contributed by atoms with Gasteiger partial charge in [-0.1, -0.05) is 12.1 Å². The third-order valence-corrected chi connectivity index (χ3v) is 2.49. The summed E-state index contributed by atoms with van der Waals surface area (Å²) in [5.41, 5.74) is 1.86. The van der Waals surface area contributed by atoms with E-state index in [-0.39, 0.29) is 18.5 Å². The number of benzene rings is 1. The lowest BCUT2D eigenvalue weighted by Gasteiger charge is -2.11. The number of rotatable bonds is 6. The third kappa shape index (κ3) is 4.07. The van der Waals surface area contributed by atoms with Crippen LogP contribution >= 0.6 is 0 Å². The Bertz CT molecular complexity index is 348. The van der Waals surface area contributed by atoms with Gasteiger partial charge in [0, 0.05) is 12.2 Å². The Morgan fingerprint density at radius 2 is 2.06 bits per heavy atom. The molecule has 0 saturated heterocycles. The number of hydrogen-bond acceptors (Lipinski definition) is 4. The maximum Gasteiger partial charge on any atom is 0.313 e. The van der Waals surface area contributed by atoms with Crippen molar-refractivity contribution in [3.8, 4) is 0 Å². The third-order valence-electron chi connectivity index (χ3n) is 2.49. The minimum Gasteiger partial charge on any atom is -0.466 e. The van der Waals surface area contributed by atoms with Crippen molar-refractivity contribution >= 4 is 11.7 Å². The van der Waals surface area contributed by atoms with Crippen LogP contribution < -0.4 is 5.32 Å². The van der Waals surface area contributed by atoms with Crippen LogP contribution in [-0.4, -0.2) is 30.8 Å². The normalized spacial score (nSPS) is 11.9. The van der Waals surface area contributed by atoms with Gasteiger partial charge in [-0.3, -0.25) is 4.79 Å². The summed E-state index contributed by atoms with van der Waals surface area (Å²) < 4.78 is 4.97. The molecule has 0 aliphatic heterocycles. The standard InChI is InChI=1S/C13H19NO3/c1-3-17-13(16)10(2)11-4-6-12(7-5-11)14-8-9-15/h4-7,10,14-15H,3,8-9H2,1-2H3. The van der Waals surface area contributed by atoms with E-state index in [0.717, 1.165) is 11.3 Å². The van der Waals surface area contributed by atoms with Crippen LogP contribution in [0.4, 0.5) is 5.69 Å². The van der Waals surface area contributed by atoms with Crippen LogP contribution in [0.5, 0.6) is 0 Å². The minimum absolute atomic E-state index is 0.0982. The van der Waals surface area contributed by atoms with Crippen molar-refractivity contribution in [1.82, 2.24) is 0 Å². The zero-order valence-corrected chi connectivity index (χ0v) is 10.3. The molecule has 0 heterocycles. The topological polar surface area (TPSA) is 58.6 Å². The summed E-state index contributed by atoms with van der Waals surface area (Å²) in [5, 5.41) is 11.7. The van der Waals surface area contributed by atoms with Gasteiger partial charge >= 0.3 is 5.97 Å². The van der Waals surface area contributed by atoms with Crippen molar-refractivity contribution in [2.45, 2.75) is 19.8 Å². The Hall–Kier alpha value is -1.55. The average molecular weight is 237 g/mol. The first kappa shape index (κ1) is 13.5. The Morgan fingerprint density at radius 3 is 2.59 bits per heavy atom. The highest BCUT2D eigenvalue weighted by Crippen LogP contribution is 2.19. The van der Waals surface area contributed by atoms with Crippen LogP contribution in [-0.2, 0) is 9.53 Å². The molecule has 0 aromatic heterocycles. The van der Waals surface area contributed by atoms with Gasteiger partial charge in [0.05, 0.1) is 19.1 Å². The molecule has 1 aromatic rings. The largest absolute Gasteiger partial charge is 0.466 e. The lowest BCUT2D eigenvalue weighted by Crippen LogP contribution is -2.13. The number of nitrogens with one attached hydrogen (secondary N) is 1. The molecule has 4 nitrogen and oxygen atoms in total. The number of carbonyl (C=O) groups excluding carboxylic acids is 1. The second-order valence-corrected chi connectivity index (χ2v) is 3.75. The number of aliphatic hydroxyl groups is 1. The zero-order valence-electron chi connectivity index (χ0n) is 10.3. The van der Waals surface area contributed by atoms with Gasteiger partial charge < -0.3 is 15.2 Å². The molecule has 0 aliphatic carbocycles. The molecule has 1 unspecified atom stereocenters. The molecule has 0 saturated carbocycles. The quantitative estimate of drug-likeness (QED) is 0.740. The Labute approximate surface area is 102 Å². The van der Waals surface area contributed by atoms with Gasteiger partial charge in [0.25, 0.3) is 0 Å². The van der Waals surface area contributed by atoms with E-state index in [0.29, 0.717) is 13.2 Å². The van der Waals surface area contributed by atoms with Crippen LogP contribution in [0.1, 0.15) is 25.3 Å². The maximum atomic E-state index is 11.5. The number of hydrogen-bond donors (Lipinski definition) is 2. The van der Waals surface area contributed by atoms with Crippen LogP contribution in [0.3, 0.4) is 0 Å². The van der Waals surface area contributed by atoms with Gasteiger partial charge in [0.1, 0.15) is 0 Å². The summed E-state index contributed by atoms with van der Waals surface area (Å²) in [6, 6.07) is 7.56. The molecule has 1 rings (SSSR count). The fraction of sp³-hybridized carbons (Fsp3) is 0.462. The first-order valence-electron chi connectivity index (χ1n) is 5.80. The van der Waals surface area contributed by atoms with E-state index in [1.54, 1.807) is 6.92 Å². The molecule has 4 heteroatoms. The van der Waals surface area contributed by atoms with Crippen molar-refractivity contribution in [2.75, 3.05) is 25.1 Å². The molecular weight excluding hydrogens is 218 g/mol. The molecule has 17 heavy (non-hydrogen) atoms. The number of esters is 1. The van der Waals surface area contributed by atoms with Crippen LogP contribution in [0, 0.1) is 0 Å². The van der Waals surface area contributed by atoms with Crippen LogP contribution in [0.25, 0.3) is 0 Å². The van der Waals surface area contributed by atoms with E-state index in [1.165, 1.54) is 0 Å². The van der Waals surface area contributed by atoms with E-state index in [1.807, 2.05) is 31.2 Å². The van der Waals surface area contributed by atoms with E-state index in [4.69, 9.17) is 9.84 Å². The van der Waals surface area contributed by atoms with Gasteiger partial charge in [0.2, 0.25) is 0 Å². The number of carbonyl (C=O) groups is 1. The predicted molar refractivity (Wildman–Crippen MR) is 67.1 cm³/mol. The lowest BCUT2D eigenvalue weighted by molar-refractivity contribution is -0.144. The van der Waals surface area contributed by atoms with Gasteiger partial charge in [-0.2, -0.15) is 0 Å². The molecule has 0 spiro atoms. The number of aliphatic hydroxyl groups excluding tert-OH is 1. The Balaban J connectivity index is 2.63. The molecule has 0 fully saturated rings. The summed E-state index contributed by atoms with van der Waals surface area (Å²) in [4.78, 5) is 11.5. The summed E-state index contributed by atoms with van der Waals surface area (Å²) >= 11 is 0. The van der Waals surface area contributed by atoms with Crippen molar-refractivity contribution < 1.29 is 14.6 Å². The van der Waals surface area contributed by atoms with E-state index in [9.17, 15) is 4.79 Å². The SMILES string of the molecule is CCOC(=O)C(C)c1ccc(NCCO)cc1. The van der Waals surface area contributed by atoms with Crippen molar-refractivity contribution in [1.29, 1.82) is 0 Å². The molecule has 0 bridgehead atoms.